The predicted molar refractivity (Wildman–Crippen MR) is 110 cm³/mol. The van der Waals surface area contributed by atoms with E-state index < -0.39 is 0 Å². The van der Waals surface area contributed by atoms with Crippen LogP contribution in [0.15, 0.2) is 9.95 Å². The van der Waals surface area contributed by atoms with E-state index in [-0.39, 0.29) is 17.2 Å². The minimum absolute atomic E-state index is 0.0411. The minimum Gasteiger partial charge on any atom is -0.383 e. The second kappa shape index (κ2) is 10.8. The molecule has 1 amide bonds. The van der Waals surface area contributed by atoms with E-state index in [0.717, 1.165) is 21.7 Å². The molecular formula is C18H27N3O4S2. The Kier molecular flexibility index (Phi) is 8.75. The van der Waals surface area contributed by atoms with Crippen molar-refractivity contribution in [3.05, 3.63) is 20.8 Å². The largest absolute Gasteiger partial charge is 0.383 e. The molecule has 9 heteroatoms. The highest BCUT2D eigenvalue weighted by molar-refractivity contribution is 7.99. The molecule has 7 nitrogen and oxygen atoms in total. The Bertz CT molecular complexity index is 832. The summed E-state index contributed by atoms with van der Waals surface area (Å²) in [6.45, 7) is 8.59. The number of rotatable bonds is 11. The maximum absolute atomic E-state index is 13.1. The summed E-state index contributed by atoms with van der Waals surface area (Å²) in [5.74, 6) is 0.0991. The Morgan fingerprint density at radius 2 is 2.11 bits per heavy atom. The van der Waals surface area contributed by atoms with E-state index in [4.69, 9.17) is 9.47 Å². The minimum atomic E-state index is -0.106. The summed E-state index contributed by atoms with van der Waals surface area (Å²) in [5, 5.41) is 4.04. The number of nitrogens with one attached hydrogen (secondary N) is 1. The number of amides is 1. The van der Waals surface area contributed by atoms with Gasteiger partial charge >= 0.3 is 0 Å². The molecule has 2 rings (SSSR count). The summed E-state index contributed by atoms with van der Waals surface area (Å²) in [7, 11) is 1.59. The number of ether oxygens (including phenoxy) is 2. The van der Waals surface area contributed by atoms with Crippen LogP contribution in [0.1, 0.15) is 23.8 Å². The number of aromatic nitrogens is 2. The van der Waals surface area contributed by atoms with E-state index >= 15 is 0 Å². The van der Waals surface area contributed by atoms with Gasteiger partial charge in [0.15, 0.2) is 5.16 Å². The van der Waals surface area contributed by atoms with Gasteiger partial charge in [0, 0.05) is 38.3 Å². The van der Waals surface area contributed by atoms with Gasteiger partial charge in [0.1, 0.15) is 4.83 Å². The van der Waals surface area contributed by atoms with Crippen molar-refractivity contribution in [3.63, 3.8) is 0 Å². The quantitative estimate of drug-likeness (QED) is 0.346. The number of fused-ring (bicyclic) bond motifs is 1. The van der Waals surface area contributed by atoms with Gasteiger partial charge in [-0.05, 0) is 32.8 Å². The summed E-state index contributed by atoms with van der Waals surface area (Å²) in [6.07, 6.45) is 0.719. The molecular weight excluding hydrogens is 386 g/mol. The summed E-state index contributed by atoms with van der Waals surface area (Å²) in [4.78, 5) is 31.6. The lowest BCUT2D eigenvalue weighted by atomic mass is 10.2. The van der Waals surface area contributed by atoms with Crippen molar-refractivity contribution in [3.8, 4) is 0 Å². The smallest absolute Gasteiger partial charge is 0.263 e. The summed E-state index contributed by atoms with van der Waals surface area (Å²) >= 11 is 2.81. The number of nitrogens with zero attached hydrogens (tertiary/aromatic N) is 2. The molecule has 1 N–H and O–H groups in total. The third kappa shape index (κ3) is 5.78. The number of thioether (sulfide) groups is 1. The lowest BCUT2D eigenvalue weighted by molar-refractivity contribution is -0.118. The van der Waals surface area contributed by atoms with Crippen molar-refractivity contribution in [2.24, 2.45) is 0 Å². The Labute approximate surface area is 167 Å². The molecule has 0 radical (unpaired) electrons. The maximum Gasteiger partial charge on any atom is 0.263 e. The van der Waals surface area contributed by atoms with Crippen molar-refractivity contribution in [2.45, 2.75) is 38.9 Å². The molecule has 0 saturated heterocycles. The molecule has 0 saturated carbocycles. The van der Waals surface area contributed by atoms with Crippen molar-refractivity contribution >= 4 is 39.2 Å². The molecule has 0 aliphatic carbocycles. The maximum atomic E-state index is 13.1. The number of thiophene rings is 1. The van der Waals surface area contributed by atoms with Crippen LogP contribution in [0.4, 0.5) is 0 Å². The number of hydrogen-bond acceptors (Lipinski definition) is 7. The zero-order chi connectivity index (χ0) is 19.8. The fourth-order valence-electron chi connectivity index (χ4n) is 2.56. The van der Waals surface area contributed by atoms with Gasteiger partial charge in [-0.1, -0.05) is 11.8 Å². The lowest BCUT2D eigenvalue weighted by Crippen LogP contribution is -2.29. The van der Waals surface area contributed by atoms with E-state index in [1.165, 1.54) is 23.1 Å². The molecule has 0 bridgehead atoms. The average Bonchev–Trinajstić information content (AvgIpc) is 2.93. The Hall–Kier alpha value is -1.42. The standard InChI is InChI=1S/C18H27N3O4S2/c1-5-25-9-6-8-21-17(23)15-12(2)13(3)27-16(15)20-18(21)26-11-14(22)19-7-10-24-4/h5-11H2,1-4H3,(H,19,22). The van der Waals surface area contributed by atoms with Crippen LogP contribution in [0, 0.1) is 13.8 Å². The van der Waals surface area contributed by atoms with Crippen LogP contribution >= 0.6 is 23.1 Å². The van der Waals surface area contributed by atoms with E-state index in [1.807, 2.05) is 20.8 Å². The van der Waals surface area contributed by atoms with Crippen molar-refractivity contribution < 1.29 is 14.3 Å². The second-order valence-corrected chi connectivity index (χ2v) is 8.14. The number of aryl methyl sites for hydroxylation is 2. The van der Waals surface area contributed by atoms with Crippen molar-refractivity contribution in [1.29, 1.82) is 0 Å². The fraction of sp³-hybridized carbons (Fsp3) is 0.611. The van der Waals surface area contributed by atoms with Crippen LogP contribution < -0.4 is 10.9 Å². The Morgan fingerprint density at radius 3 is 2.81 bits per heavy atom. The van der Waals surface area contributed by atoms with E-state index in [1.54, 1.807) is 11.7 Å². The van der Waals surface area contributed by atoms with Gasteiger partial charge in [-0.25, -0.2) is 4.98 Å². The van der Waals surface area contributed by atoms with Crippen LogP contribution in [-0.4, -0.2) is 54.7 Å². The Balaban J connectivity index is 2.23. The monoisotopic (exact) mass is 413 g/mol. The van der Waals surface area contributed by atoms with Gasteiger partial charge < -0.3 is 14.8 Å². The highest BCUT2D eigenvalue weighted by atomic mass is 32.2. The third-order valence-electron chi connectivity index (χ3n) is 4.09. The van der Waals surface area contributed by atoms with Gasteiger partial charge in [0.25, 0.3) is 5.56 Å². The van der Waals surface area contributed by atoms with Crippen molar-refractivity contribution in [2.75, 3.05) is 39.2 Å². The third-order valence-corrected chi connectivity index (χ3v) is 6.17. The fourth-order valence-corrected chi connectivity index (χ4v) is 4.48. The SMILES string of the molecule is CCOCCCn1c(SCC(=O)NCCOC)nc2sc(C)c(C)c2c1=O. The van der Waals surface area contributed by atoms with Gasteiger partial charge in [0.05, 0.1) is 17.7 Å². The molecule has 0 aliphatic heterocycles. The van der Waals surface area contributed by atoms with Gasteiger partial charge in [-0.15, -0.1) is 11.3 Å². The van der Waals surface area contributed by atoms with Crippen LogP contribution in [0.3, 0.4) is 0 Å². The second-order valence-electron chi connectivity index (χ2n) is 6.00. The number of hydrogen-bond donors (Lipinski definition) is 1. The molecule has 27 heavy (non-hydrogen) atoms. The topological polar surface area (TPSA) is 82.4 Å². The molecule has 0 unspecified atom stereocenters. The molecule has 2 aromatic rings. The van der Waals surface area contributed by atoms with Crippen LogP contribution in [0.25, 0.3) is 10.2 Å². The van der Waals surface area contributed by atoms with Gasteiger partial charge in [-0.3, -0.25) is 14.2 Å². The summed E-state index contributed by atoms with van der Waals surface area (Å²) in [6, 6.07) is 0. The van der Waals surface area contributed by atoms with Gasteiger partial charge in [0.2, 0.25) is 5.91 Å². The van der Waals surface area contributed by atoms with Crippen molar-refractivity contribution in [1.82, 2.24) is 14.9 Å². The summed E-state index contributed by atoms with van der Waals surface area (Å²) in [5.41, 5.74) is 0.945. The predicted octanol–water partition coefficient (Wildman–Crippen LogP) is 2.36. The number of carbonyl (C=O) groups is 1. The van der Waals surface area contributed by atoms with Crippen LogP contribution in [-0.2, 0) is 20.8 Å². The normalized spacial score (nSPS) is 11.3. The first kappa shape index (κ1) is 21.9. The van der Waals surface area contributed by atoms with Crippen LogP contribution in [0.5, 0.6) is 0 Å². The van der Waals surface area contributed by atoms with E-state index in [9.17, 15) is 9.59 Å². The Morgan fingerprint density at radius 1 is 1.33 bits per heavy atom. The first-order chi connectivity index (χ1) is 13.0. The number of carbonyl (C=O) groups excluding carboxylic acids is 1. The lowest BCUT2D eigenvalue weighted by Gasteiger charge is -2.12. The molecule has 0 aromatic carbocycles. The highest BCUT2D eigenvalue weighted by Crippen LogP contribution is 2.28. The molecule has 0 fully saturated rings. The van der Waals surface area contributed by atoms with E-state index in [0.29, 0.717) is 43.5 Å². The van der Waals surface area contributed by atoms with Gasteiger partial charge in [-0.2, -0.15) is 0 Å². The average molecular weight is 414 g/mol. The first-order valence-corrected chi connectivity index (χ1v) is 10.8. The molecule has 0 atom stereocenters. The molecule has 0 spiro atoms. The molecule has 2 aromatic heterocycles. The molecule has 150 valence electrons. The summed E-state index contributed by atoms with van der Waals surface area (Å²) < 4.78 is 12.0. The molecule has 2 heterocycles. The first-order valence-electron chi connectivity index (χ1n) is 8.96. The highest BCUT2D eigenvalue weighted by Gasteiger charge is 2.17. The molecule has 0 aliphatic rings. The zero-order valence-corrected chi connectivity index (χ0v) is 17.9. The number of methoxy groups -OCH3 is 1. The van der Waals surface area contributed by atoms with E-state index in [2.05, 4.69) is 10.3 Å². The van der Waals surface area contributed by atoms with Crippen LogP contribution in [0.2, 0.25) is 0 Å². The zero-order valence-electron chi connectivity index (χ0n) is 16.3.